The summed E-state index contributed by atoms with van der Waals surface area (Å²) >= 11 is 0. The lowest BCUT2D eigenvalue weighted by Crippen LogP contribution is -2.90. The van der Waals surface area contributed by atoms with E-state index in [1.807, 2.05) is 44.2 Å². The van der Waals surface area contributed by atoms with Crippen LogP contribution >= 0.6 is 0 Å². The highest BCUT2D eigenvalue weighted by Gasteiger charge is 3.03. The summed E-state index contributed by atoms with van der Waals surface area (Å²) in [5.41, 5.74) is 3.84. The van der Waals surface area contributed by atoms with Crippen LogP contribution in [0, 0.1) is 33.5 Å². The van der Waals surface area contributed by atoms with E-state index < -0.39 is 22.2 Å². The Hall–Kier alpha value is -2.41. The number of hydrogen-bond acceptors (Lipinski definition) is 5. The van der Waals surface area contributed by atoms with Gasteiger partial charge in [-0.15, -0.1) is 0 Å². The molecular weight excluding hydrogens is 292 g/mol. The van der Waals surface area contributed by atoms with E-state index in [4.69, 9.17) is 15.2 Å². The predicted molar refractivity (Wildman–Crippen MR) is 79.3 cm³/mol. The molecule has 3 N–H and O–H groups in total. The Morgan fingerprint density at radius 2 is 1.96 bits per heavy atom. The number of nitrogens with one attached hydrogen (secondary N) is 1. The lowest BCUT2D eigenvalue weighted by atomic mass is 9.85. The Kier molecular flexibility index (Phi) is 2.42. The molecule has 1 aliphatic carbocycles. The van der Waals surface area contributed by atoms with Gasteiger partial charge in [0, 0.05) is 0 Å². The van der Waals surface area contributed by atoms with Crippen molar-refractivity contribution in [2.24, 2.45) is 16.6 Å². The van der Waals surface area contributed by atoms with Gasteiger partial charge in [0.25, 0.3) is 5.84 Å². The standard InChI is InChI=1S/C17H16N4O2/c1-11-8-22-17(23-11)16(10-19)14(2,12-6-4-3-5-7-12)15(16,9-18)13(20)21-17/h3-7,11H,8H2,1-2H3,(H2,20,21)/p+1/t11-,14+,15+,16-,17-/m1/s1. The maximum absolute atomic E-state index is 10.1. The van der Waals surface area contributed by atoms with E-state index >= 15 is 0 Å². The molecule has 5 atom stereocenters. The van der Waals surface area contributed by atoms with Crippen LogP contribution in [-0.4, -0.2) is 24.5 Å². The van der Waals surface area contributed by atoms with Crippen LogP contribution in [0.2, 0.25) is 0 Å². The molecule has 1 saturated heterocycles. The minimum atomic E-state index is -1.38. The molecule has 6 heteroatoms. The Balaban J connectivity index is 2.01. The lowest BCUT2D eigenvalue weighted by Gasteiger charge is -2.27. The van der Waals surface area contributed by atoms with Gasteiger partial charge in [0.2, 0.25) is 0 Å². The van der Waals surface area contributed by atoms with Crippen molar-refractivity contribution in [1.82, 2.24) is 0 Å². The van der Waals surface area contributed by atoms with Crippen molar-refractivity contribution in [3.05, 3.63) is 35.9 Å². The van der Waals surface area contributed by atoms with Gasteiger partial charge in [-0.3, -0.25) is 5.73 Å². The van der Waals surface area contributed by atoms with Crippen molar-refractivity contribution in [1.29, 1.82) is 10.5 Å². The van der Waals surface area contributed by atoms with Gasteiger partial charge in [0.1, 0.15) is 0 Å². The van der Waals surface area contributed by atoms with Gasteiger partial charge in [-0.05, 0) is 12.5 Å². The summed E-state index contributed by atoms with van der Waals surface area (Å²) < 4.78 is 11.8. The fourth-order valence-electron chi connectivity index (χ4n) is 4.71. The Labute approximate surface area is 134 Å². The third-order valence-electron chi connectivity index (χ3n) is 5.77. The van der Waals surface area contributed by atoms with Gasteiger partial charge in [-0.2, -0.15) is 10.5 Å². The molecule has 23 heavy (non-hydrogen) atoms. The second-order valence-electron chi connectivity index (χ2n) is 6.61. The summed E-state index contributed by atoms with van der Waals surface area (Å²) in [5.74, 6) is -1.15. The highest BCUT2D eigenvalue weighted by Crippen LogP contribution is 2.82. The van der Waals surface area contributed by atoms with Crippen LogP contribution < -0.4 is 10.7 Å². The smallest absolute Gasteiger partial charge is 0.311 e. The highest BCUT2D eigenvalue weighted by molar-refractivity contribution is 5.97. The first-order valence-corrected chi connectivity index (χ1v) is 7.56. The molecule has 0 radical (unpaired) electrons. The molecular formula is C17H17N4O2+. The van der Waals surface area contributed by atoms with Crippen LogP contribution in [0.5, 0.6) is 0 Å². The average Bonchev–Trinajstić information content (AvgIpc) is 2.74. The molecule has 1 spiro atoms. The zero-order valence-corrected chi connectivity index (χ0v) is 13.0. The molecule has 3 aliphatic rings. The number of fused-ring (bicyclic) bond motifs is 2. The third-order valence-corrected chi connectivity index (χ3v) is 5.77. The second kappa shape index (κ2) is 3.91. The molecule has 1 saturated carbocycles. The molecule has 1 aromatic carbocycles. The first-order chi connectivity index (χ1) is 11.0. The molecule has 4 rings (SSSR count). The third kappa shape index (κ3) is 1.12. The van der Waals surface area contributed by atoms with Crippen molar-refractivity contribution in [2.75, 3.05) is 6.61 Å². The van der Waals surface area contributed by atoms with E-state index in [1.165, 1.54) is 0 Å². The Morgan fingerprint density at radius 3 is 2.48 bits per heavy atom. The maximum Gasteiger partial charge on any atom is 0.344 e. The Morgan fingerprint density at radius 1 is 1.26 bits per heavy atom. The van der Waals surface area contributed by atoms with Gasteiger partial charge < -0.3 is 9.47 Å². The molecule has 2 heterocycles. The van der Waals surface area contributed by atoms with Crippen LogP contribution in [-0.2, 0) is 14.9 Å². The summed E-state index contributed by atoms with van der Waals surface area (Å²) in [5, 5.41) is 20.1. The highest BCUT2D eigenvalue weighted by atomic mass is 16.8. The van der Waals surface area contributed by atoms with Gasteiger partial charge >= 0.3 is 5.91 Å². The van der Waals surface area contributed by atoms with E-state index in [2.05, 4.69) is 17.1 Å². The number of benzene rings is 1. The second-order valence-corrected chi connectivity index (χ2v) is 6.61. The molecule has 0 amide bonds. The summed E-state index contributed by atoms with van der Waals surface area (Å²) in [6.45, 7) is 4.10. The maximum atomic E-state index is 10.1. The van der Waals surface area contributed by atoms with Gasteiger partial charge in [-0.25, -0.2) is 4.99 Å². The number of nitriles is 2. The summed E-state index contributed by atoms with van der Waals surface area (Å²) in [6, 6.07) is 14.1. The van der Waals surface area contributed by atoms with Crippen molar-refractivity contribution in [3.8, 4) is 12.1 Å². The first-order valence-electron chi connectivity index (χ1n) is 7.56. The largest absolute Gasteiger partial charge is 0.344 e. The van der Waals surface area contributed by atoms with Gasteiger partial charge in [0.05, 0.1) is 30.3 Å². The fourth-order valence-corrected chi connectivity index (χ4v) is 4.71. The summed E-state index contributed by atoms with van der Waals surface area (Å²) in [6.07, 6.45) is -0.185. The minimum absolute atomic E-state index is 0.185. The predicted octanol–water partition coefficient (Wildman–Crippen LogP) is -0.482. The van der Waals surface area contributed by atoms with Crippen molar-refractivity contribution in [3.63, 3.8) is 0 Å². The minimum Gasteiger partial charge on any atom is -0.311 e. The van der Waals surface area contributed by atoms with Crippen molar-refractivity contribution in [2.45, 2.75) is 31.3 Å². The Bertz CT molecular complexity index is 810. The van der Waals surface area contributed by atoms with E-state index in [1.54, 1.807) is 0 Å². The first kappa shape index (κ1) is 14.2. The van der Waals surface area contributed by atoms with Gasteiger partial charge in [0.15, 0.2) is 10.8 Å². The van der Waals surface area contributed by atoms with Crippen LogP contribution in [0.25, 0.3) is 0 Å². The van der Waals surface area contributed by atoms with E-state index in [0.717, 1.165) is 5.56 Å². The molecule has 6 nitrogen and oxygen atoms in total. The molecule has 0 bridgehead atoms. The molecule has 0 aromatic heterocycles. The SMILES string of the molecule is C[C@@H]1CO[C@@]2([NH+]=C(N)[C@@]3(C#N)[C@](C)(c4ccccc4)[C@@]23C#N)O1. The topological polar surface area (TPSA) is 106 Å². The summed E-state index contributed by atoms with van der Waals surface area (Å²) in [4.78, 5) is 2.97. The van der Waals surface area contributed by atoms with Crippen LogP contribution in [0.1, 0.15) is 19.4 Å². The van der Waals surface area contributed by atoms with E-state index in [0.29, 0.717) is 6.61 Å². The van der Waals surface area contributed by atoms with Crippen LogP contribution in [0.15, 0.2) is 30.3 Å². The number of amidine groups is 1. The molecule has 2 aliphatic heterocycles. The number of hydrogen-bond donors (Lipinski definition) is 2. The van der Waals surface area contributed by atoms with Gasteiger partial charge in [-0.1, -0.05) is 37.3 Å². The van der Waals surface area contributed by atoms with E-state index in [-0.39, 0.29) is 11.9 Å². The monoisotopic (exact) mass is 309 g/mol. The van der Waals surface area contributed by atoms with Crippen molar-refractivity contribution >= 4 is 5.84 Å². The quantitative estimate of drug-likeness (QED) is 0.729. The average molecular weight is 309 g/mol. The van der Waals surface area contributed by atoms with Crippen molar-refractivity contribution < 1.29 is 14.5 Å². The number of rotatable bonds is 1. The number of nitrogens with zero attached hydrogens (tertiary/aromatic N) is 2. The molecule has 1 aromatic rings. The normalized spacial score (nSPS) is 46.8. The molecule has 116 valence electrons. The molecule has 0 unspecified atom stereocenters. The zero-order chi connectivity index (χ0) is 16.5. The number of ether oxygens (including phenoxy) is 2. The number of nitrogens with two attached hydrogens (primary N) is 1. The molecule has 2 fully saturated rings. The fraction of sp³-hybridized carbons (Fsp3) is 0.471. The zero-order valence-electron chi connectivity index (χ0n) is 13.0. The lowest BCUT2D eigenvalue weighted by molar-refractivity contribution is -0.679. The van der Waals surface area contributed by atoms with E-state index in [9.17, 15) is 10.5 Å². The summed E-state index contributed by atoms with van der Waals surface area (Å²) in [7, 11) is 0. The van der Waals surface area contributed by atoms with Crippen LogP contribution in [0.3, 0.4) is 0 Å². The van der Waals surface area contributed by atoms with Crippen LogP contribution in [0.4, 0.5) is 0 Å².